The monoisotopic (exact) mass is 381 g/mol. The molecule has 0 saturated carbocycles. The van der Waals surface area contributed by atoms with Crippen LogP contribution in [0, 0.1) is 5.82 Å². The van der Waals surface area contributed by atoms with Crippen LogP contribution in [0.3, 0.4) is 0 Å². The van der Waals surface area contributed by atoms with E-state index in [9.17, 15) is 12.8 Å². The zero-order valence-corrected chi connectivity index (χ0v) is 16.8. The molecule has 0 fully saturated rings. The molecule has 0 spiro atoms. The molecule has 0 unspecified atom stereocenters. The van der Waals surface area contributed by atoms with Gasteiger partial charge in [-0.05, 0) is 39.9 Å². The van der Waals surface area contributed by atoms with Crippen LogP contribution in [0.25, 0.3) is 0 Å². The van der Waals surface area contributed by atoms with Gasteiger partial charge in [-0.1, -0.05) is 31.5 Å². The molecule has 144 valence electrons. The molecular weight excluding hydrogens is 353 g/mol. The highest BCUT2D eigenvalue weighted by Crippen LogP contribution is 2.21. The third kappa shape index (κ3) is 4.71. The molecule has 1 heterocycles. The molecule has 0 aliphatic heterocycles. The number of rotatable bonds is 9. The predicted molar refractivity (Wildman–Crippen MR) is 101 cm³/mol. The average molecular weight is 382 g/mol. The number of hydrogen-bond acceptors (Lipinski definition) is 4. The lowest BCUT2D eigenvalue weighted by Crippen LogP contribution is -2.24. The van der Waals surface area contributed by atoms with Crippen LogP contribution in [0.5, 0.6) is 0 Å². The molecule has 0 aliphatic carbocycles. The lowest BCUT2D eigenvalue weighted by molar-refractivity contribution is 0.311. The molecule has 2 rings (SSSR count). The molecule has 7 heteroatoms. The van der Waals surface area contributed by atoms with E-state index in [2.05, 4.69) is 16.8 Å². The number of benzene rings is 1. The minimum absolute atomic E-state index is 0.00893. The molecule has 0 N–H and O–H groups in total. The number of unbranched alkanes of at least 4 members (excludes halogenated alkanes) is 1. The molecule has 0 saturated heterocycles. The van der Waals surface area contributed by atoms with Gasteiger partial charge in [-0.2, -0.15) is 0 Å². The van der Waals surface area contributed by atoms with Crippen LogP contribution >= 0.6 is 0 Å². The third-order valence-electron chi connectivity index (χ3n) is 4.39. The fraction of sp³-hybridized carbons (Fsp3) is 0.526. The van der Waals surface area contributed by atoms with E-state index in [1.807, 2.05) is 7.05 Å². The summed E-state index contributed by atoms with van der Waals surface area (Å²) in [5.74, 6) is -0.348. The van der Waals surface area contributed by atoms with E-state index in [1.54, 1.807) is 42.8 Å². The number of imidazole rings is 1. The molecular formula is C19H28FN3O2S. The number of aromatic nitrogens is 2. The van der Waals surface area contributed by atoms with Gasteiger partial charge in [0.1, 0.15) is 5.82 Å². The van der Waals surface area contributed by atoms with Crippen molar-refractivity contribution in [2.45, 2.75) is 57.1 Å². The molecule has 26 heavy (non-hydrogen) atoms. The Morgan fingerprint density at radius 2 is 1.96 bits per heavy atom. The topological polar surface area (TPSA) is 55.2 Å². The van der Waals surface area contributed by atoms with E-state index >= 15 is 0 Å². The highest BCUT2D eigenvalue weighted by Gasteiger charge is 2.27. The average Bonchev–Trinajstić information content (AvgIpc) is 2.98. The highest BCUT2D eigenvalue weighted by molar-refractivity contribution is 7.91. The fourth-order valence-corrected chi connectivity index (χ4v) is 3.82. The first-order valence-corrected chi connectivity index (χ1v) is 10.5. The Bertz CT molecular complexity index is 831. The van der Waals surface area contributed by atoms with Crippen molar-refractivity contribution in [3.8, 4) is 0 Å². The Kier molecular flexibility index (Phi) is 6.94. The first-order valence-electron chi connectivity index (χ1n) is 8.97. The van der Waals surface area contributed by atoms with Crippen LogP contribution in [-0.2, 0) is 22.9 Å². The minimum Gasteiger partial charge on any atom is -0.313 e. The van der Waals surface area contributed by atoms with Gasteiger partial charge in [0.05, 0.1) is 23.7 Å². The quantitative estimate of drug-likeness (QED) is 0.667. The molecule has 1 aromatic carbocycles. The summed E-state index contributed by atoms with van der Waals surface area (Å²) in [6, 6.07) is 6.43. The van der Waals surface area contributed by atoms with E-state index in [-0.39, 0.29) is 17.5 Å². The molecule has 0 atom stereocenters. The number of hydrogen-bond donors (Lipinski definition) is 0. The second kappa shape index (κ2) is 8.77. The van der Waals surface area contributed by atoms with Gasteiger partial charge < -0.3 is 9.47 Å². The maximum atomic E-state index is 14.1. The van der Waals surface area contributed by atoms with Crippen LogP contribution in [0.4, 0.5) is 4.39 Å². The van der Waals surface area contributed by atoms with Crippen molar-refractivity contribution in [2.24, 2.45) is 0 Å². The zero-order valence-electron chi connectivity index (χ0n) is 15.9. The molecule has 0 aliphatic rings. The van der Waals surface area contributed by atoms with Gasteiger partial charge in [-0.25, -0.2) is 17.8 Å². The summed E-state index contributed by atoms with van der Waals surface area (Å²) < 4.78 is 41.2. The third-order valence-corrected chi connectivity index (χ3v) is 6.46. The van der Waals surface area contributed by atoms with E-state index in [0.29, 0.717) is 12.1 Å². The maximum absolute atomic E-state index is 14.1. The molecule has 5 nitrogen and oxygen atoms in total. The van der Waals surface area contributed by atoms with Gasteiger partial charge >= 0.3 is 0 Å². The molecule has 1 aromatic heterocycles. The van der Waals surface area contributed by atoms with Crippen LogP contribution in [-0.4, -0.2) is 41.7 Å². The van der Waals surface area contributed by atoms with Crippen molar-refractivity contribution in [1.82, 2.24) is 14.5 Å². The first kappa shape index (κ1) is 20.6. The van der Waals surface area contributed by atoms with Crippen LogP contribution in [0.1, 0.15) is 44.9 Å². The summed E-state index contributed by atoms with van der Waals surface area (Å²) in [6.45, 7) is 7.01. The number of sulfone groups is 1. The summed E-state index contributed by atoms with van der Waals surface area (Å²) in [4.78, 5) is 6.32. The van der Waals surface area contributed by atoms with Gasteiger partial charge in [0.2, 0.25) is 15.0 Å². The van der Waals surface area contributed by atoms with Crippen molar-refractivity contribution in [3.63, 3.8) is 0 Å². The smallest absolute Gasteiger partial charge is 0.228 e. The first-order chi connectivity index (χ1) is 12.3. The van der Waals surface area contributed by atoms with Gasteiger partial charge in [0.15, 0.2) is 0 Å². The maximum Gasteiger partial charge on any atom is 0.228 e. The van der Waals surface area contributed by atoms with Gasteiger partial charge in [0, 0.05) is 12.1 Å². The van der Waals surface area contributed by atoms with E-state index in [4.69, 9.17) is 0 Å². The second-order valence-corrected chi connectivity index (χ2v) is 9.29. The molecule has 0 bridgehead atoms. The zero-order chi connectivity index (χ0) is 19.3. The summed E-state index contributed by atoms with van der Waals surface area (Å²) in [7, 11) is -1.57. The Morgan fingerprint density at radius 3 is 2.58 bits per heavy atom. The lowest BCUT2D eigenvalue weighted by atomic mass is 10.2. The Hall–Kier alpha value is -1.73. The summed E-state index contributed by atoms with van der Waals surface area (Å²) in [5.41, 5.74) is 1.22. The summed E-state index contributed by atoms with van der Waals surface area (Å²) >= 11 is 0. The Balaban J connectivity index is 2.43. The van der Waals surface area contributed by atoms with Crippen molar-refractivity contribution in [2.75, 3.05) is 13.6 Å². The van der Waals surface area contributed by atoms with Gasteiger partial charge in [-0.3, -0.25) is 0 Å². The number of halogens is 1. The van der Waals surface area contributed by atoms with E-state index < -0.39 is 15.1 Å². The van der Waals surface area contributed by atoms with Crippen molar-refractivity contribution in [3.05, 3.63) is 47.5 Å². The fourth-order valence-electron chi connectivity index (χ4n) is 2.71. The van der Waals surface area contributed by atoms with Gasteiger partial charge in [-0.15, -0.1) is 0 Å². The van der Waals surface area contributed by atoms with Crippen molar-refractivity contribution < 1.29 is 12.8 Å². The Morgan fingerprint density at radius 1 is 1.27 bits per heavy atom. The minimum atomic E-state index is -3.56. The molecule has 2 aromatic rings. The van der Waals surface area contributed by atoms with Crippen molar-refractivity contribution in [1.29, 1.82) is 0 Å². The molecule has 0 radical (unpaired) electrons. The SMILES string of the molecule is CCCCN(C)Cc1cnc(S(=O)(=O)C(C)C)n1Cc1ccccc1F. The van der Waals surface area contributed by atoms with Gasteiger partial charge in [0.25, 0.3) is 0 Å². The largest absolute Gasteiger partial charge is 0.313 e. The van der Waals surface area contributed by atoms with Crippen LogP contribution < -0.4 is 0 Å². The Labute approximate surface area is 155 Å². The summed E-state index contributed by atoms with van der Waals surface area (Å²) in [6.07, 6.45) is 3.75. The van der Waals surface area contributed by atoms with E-state index in [1.165, 1.54) is 6.07 Å². The predicted octanol–water partition coefficient (Wildman–Crippen LogP) is 3.48. The standard InChI is InChI=1S/C19H28FN3O2S/c1-5-6-11-22(4)14-17-12-21-19(26(24,25)15(2)3)23(17)13-16-9-7-8-10-18(16)20/h7-10,12,15H,5-6,11,13-14H2,1-4H3. The normalized spacial score (nSPS) is 12.3. The number of nitrogens with zero attached hydrogens (tertiary/aromatic N) is 3. The van der Waals surface area contributed by atoms with Crippen LogP contribution in [0.15, 0.2) is 35.6 Å². The molecule has 0 amide bonds. The van der Waals surface area contributed by atoms with Crippen LogP contribution in [0.2, 0.25) is 0 Å². The van der Waals surface area contributed by atoms with Crippen molar-refractivity contribution >= 4 is 9.84 Å². The highest BCUT2D eigenvalue weighted by atomic mass is 32.2. The van der Waals surface area contributed by atoms with E-state index in [0.717, 1.165) is 25.1 Å². The summed E-state index contributed by atoms with van der Waals surface area (Å²) in [5, 5.41) is -0.579. The second-order valence-electron chi connectivity index (χ2n) is 6.89. The lowest BCUT2D eigenvalue weighted by Gasteiger charge is -2.19.